The molecule has 0 spiro atoms. The SMILES string of the molecule is CCS(=O)(=O)N1CCN(C(C)c2nc3sc4c(c3c(=O)[nH]2)CCC(C)C4)CC1. The normalized spacial score (nSPS) is 23.0. The number of hydrogen-bond acceptors (Lipinski definition) is 6. The van der Waals surface area contributed by atoms with Crippen LogP contribution in [0.15, 0.2) is 4.79 Å². The molecule has 1 aliphatic heterocycles. The molecule has 0 saturated carbocycles. The van der Waals surface area contributed by atoms with Gasteiger partial charge in [0, 0.05) is 31.1 Å². The molecule has 7 nitrogen and oxygen atoms in total. The Kier molecular flexibility index (Phi) is 5.37. The molecular weight excluding hydrogens is 396 g/mol. The second kappa shape index (κ2) is 7.51. The first kappa shape index (κ1) is 20.0. The van der Waals surface area contributed by atoms with E-state index in [9.17, 15) is 13.2 Å². The van der Waals surface area contributed by atoms with Crippen molar-refractivity contribution in [1.82, 2.24) is 19.2 Å². The zero-order chi connectivity index (χ0) is 20.1. The fraction of sp³-hybridized carbons (Fsp3) is 0.684. The van der Waals surface area contributed by atoms with Gasteiger partial charge < -0.3 is 4.98 Å². The molecule has 0 amide bonds. The van der Waals surface area contributed by atoms with Crippen LogP contribution in [0.25, 0.3) is 10.2 Å². The minimum atomic E-state index is -3.14. The third kappa shape index (κ3) is 3.53. The number of nitrogens with one attached hydrogen (secondary N) is 1. The number of H-pyrrole nitrogens is 1. The summed E-state index contributed by atoms with van der Waals surface area (Å²) >= 11 is 1.67. The maximum atomic E-state index is 12.8. The van der Waals surface area contributed by atoms with Gasteiger partial charge in [0.15, 0.2) is 0 Å². The molecule has 3 heterocycles. The van der Waals surface area contributed by atoms with Crippen LogP contribution in [-0.2, 0) is 22.9 Å². The van der Waals surface area contributed by atoms with Crippen LogP contribution in [0.4, 0.5) is 0 Å². The number of piperazine rings is 1. The Morgan fingerprint density at radius 1 is 1.29 bits per heavy atom. The Hall–Kier alpha value is -1.29. The van der Waals surface area contributed by atoms with Crippen molar-refractivity contribution in [1.29, 1.82) is 0 Å². The van der Waals surface area contributed by atoms with Crippen LogP contribution in [0.1, 0.15) is 49.5 Å². The van der Waals surface area contributed by atoms with Crippen molar-refractivity contribution in [3.63, 3.8) is 0 Å². The van der Waals surface area contributed by atoms with E-state index in [4.69, 9.17) is 4.98 Å². The summed E-state index contributed by atoms with van der Waals surface area (Å²) in [6.07, 6.45) is 3.12. The van der Waals surface area contributed by atoms with Crippen LogP contribution in [0, 0.1) is 5.92 Å². The summed E-state index contributed by atoms with van der Waals surface area (Å²) in [6.45, 7) is 8.22. The quantitative estimate of drug-likeness (QED) is 0.813. The molecule has 1 fully saturated rings. The molecule has 2 atom stereocenters. The highest BCUT2D eigenvalue weighted by molar-refractivity contribution is 7.89. The first-order chi connectivity index (χ1) is 13.3. The van der Waals surface area contributed by atoms with Crippen LogP contribution in [0.3, 0.4) is 0 Å². The fourth-order valence-corrected chi connectivity index (χ4v) is 6.76. The fourth-order valence-electron chi connectivity index (χ4n) is 4.29. The number of rotatable bonds is 4. The molecule has 0 radical (unpaired) electrons. The lowest BCUT2D eigenvalue weighted by Gasteiger charge is -2.36. The number of aromatic nitrogens is 2. The van der Waals surface area contributed by atoms with Gasteiger partial charge in [0.05, 0.1) is 17.2 Å². The van der Waals surface area contributed by atoms with Gasteiger partial charge in [-0.2, -0.15) is 4.31 Å². The first-order valence-electron chi connectivity index (χ1n) is 10.1. The number of fused-ring (bicyclic) bond motifs is 3. The van der Waals surface area contributed by atoms with Crippen molar-refractivity contribution in [3.8, 4) is 0 Å². The number of thiophene rings is 1. The van der Waals surface area contributed by atoms with Gasteiger partial charge in [-0.05, 0) is 44.6 Å². The lowest BCUT2D eigenvalue weighted by atomic mass is 9.89. The van der Waals surface area contributed by atoms with Gasteiger partial charge in [-0.15, -0.1) is 11.3 Å². The molecule has 2 aliphatic rings. The second-order valence-corrected chi connectivity index (χ2v) is 11.3. The minimum absolute atomic E-state index is 0.0360. The maximum absolute atomic E-state index is 12.8. The Balaban J connectivity index is 1.57. The van der Waals surface area contributed by atoms with Crippen molar-refractivity contribution >= 4 is 31.6 Å². The van der Waals surface area contributed by atoms with E-state index in [0.29, 0.717) is 37.9 Å². The number of hydrogen-bond donors (Lipinski definition) is 1. The molecule has 2 aromatic heterocycles. The third-order valence-electron chi connectivity index (χ3n) is 6.16. The molecule has 1 aliphatic carbocycles. The van der Waals surface area contributed by atoms with Gasteiger partial charge >= 0.3 is 0 Å². The molecule has 0 bridgehead atoms. The van der Waals surface area contributed by atoms with Crippen molar-refractivity contribution in [2.24, 2.45) is 5.92 Å². The summed E-state index contributed by atoms with van der Waals surface area (Å²) in [7, 11) is -3.14. The van der Waals surface area contributed by atoms with Crippen molar-refractivity contribution in [3.05, 3.63) is 26.6 Å². The van der Waals surface area contributed by atoms with E-state index in [0.717, 1.165) is 29.5 Å². The molecule has 1 saturated heterocycles. The highest BCUT2D eigenvalue weighted by Crippen LogP contribution is 2.36. The summed E-state index contributed by atoms with van der Waals surface area (Å²) < 4.78 is 25.7. The lowest BCUT2D eigenvalue weighted by molar-refractivity contribution is 0.141. The van der Waals surface area contributed by atoms with Gasteiger partial charge in [0.25, 0.3) is 5.56 Å². The maximum Gasteiger partial charge on any atom is 0.259 e. The highest BCUT2D eigenvalue weighted by Gasteiger charge is 2.30. The van der Waals surface area contributed by atoms with Crippen LogP contribution in [-0.4, -0.2) is 59.5 Å². The lowest BCUT2D eigenvalue weighted by Crippen LogP contribution is -2.49. The topological polar surface area (TPSA) is 86.4 Å². The van der Waals surface area contributed by atoms with Gasteiger partial charge in [0.2, 0.25) is 10.0 Å². The first-order valence-corrected chi connectivity index (χ1v) is 12.5. The monoisotopic (exact) mass is 424 g/mol. The van der Waals surface area contributed by atoms with Crippen molar-refractivity contribution in [2.45, 2.75) is 46.1 Å². The zero-order valence-corrected chi connectivity index (χ0v) is 18.3. The van der Waals surface area contributed by atoms with Crippen LogP contribution < -0.4 is 5.56 Å². The summed E-state index contributed by atoms with van der Waals surface area (Å²) in [6, 6.07) is -0.0540. The molecule has 28 heavy (non-hydrogen) atoms. The highest BCUT2D eigenvalue weighted by atomic mass is 32.2. The van der Waals surface area contributed by atoms with E-state index in [1.807, 2.05) is 6.92 Å². The Labute approximate surface area is 169 Å². The zero-order valence-electron chi connectivity index (χ0n) is 16.7. The molecule has 154 valence electrons. The Morgan fingerprint density at radius 2 is 2.00 bits per heavy atom. The third-order valence-corrected chi connectivity index (χ3v) is 9.19. The number of aryl methyl sites for hydroxylation is 1. The van der Waals surface area contributed by atoms with Gasteiger partial charge in [-0.1, -0.05) is 6.92 Å². The minimum Gasteiger partial charge on any atom is -0.309 e. The molecule has 1 N–H and O–H groups in total. The smallest absolute Gasteiger partial charge is 0.259 e. The van der Waals surface area contributed by atoms with E-state index in [1.54, 1.807) is 22.6 Å². The number of sulfonamides is 1. The molecule has 2 unspecified atom stereocenters. The van der Waals surface area contributed by atoms with Crippen LogP contribution in [0.5, 0.6) is 0 Å². The van der Waals surface area contributed by atoms with Crippen molar-refractivity contribution in [2.75, 3.05) is 31.9 Å². The van der Waals surface area contributed by atoms with Crippen molar-refractivity contribution < 1.29 is 8.42 Å². The van der Waals surface area contributed by atoms with E-state index >= 15 is 0 Å². The number of aromatic amines is 1. The largest absolute Gasteiger partial charge is 0.309 e. The average Bonchev–Trinajstić information content (AvgIpc) is 3.05. The van der Waals surface area contributed by atoms with Gasteiger partial charge in [-0.3, -0.25) is 9.69 Å². The summed E-state index contributed by atoms with van der Waals surface area (Å²) in [5, 5.41) is 0.779. The molecule has 4 rings (SSSR count). The summed E-state index contributed by atoms with van der Waals surface area (Å²) in [5.41, 5.74) is 1.16. The van der Waals surface area contributed by atoms with E-state index in [1.165, 1.54) is 10.4 Å². The predicted molar refractivity (Wildman–Crippen MR) is 112 cm³/mol. The van der Waals surface area contributed by atoms with E-state index in [2.05, 4.69) is 16.8 Å². The molecule has 0 aromatic carbocycles. The Morgan fingerprint density at radius 3 is 2.68 bits per heavy atom. The molecule has 2 aromatic rings. The van der Waals surface area contributed by atoms with Crippen LogP contribution >= 0.6 is 11.3 Å². The van der Waals surface area contributed by atoms with Gasteiger partial charge in [-0.25, -0.2) is 13.4 Å². The standard InChI is InChI=1S/C19H28N4O3S2/c1-4-28(25,26)23-9-7-22(8-10-23)13(3)17-20-18(24)16-14-6-5-12(2)11-15(14)27-19(16)21-17/h12-13H,4-11H2,1-3H3,(H,20,21,24). The average molecular weight is 425 g/mol. The van der Waals surface area contributed by atoms with Gasteiger partial charge in [0.1, 0.15) is 10.7 Å². The summed E-state index contributed by atoms with van der Waals surface area (Å²) in [5.74, 6) is 1.47. The predicted octanol–water partition coefficient (Wildman–Crippen LogP) is 2.14. The second-order valence-electron chi connectivity index (χ2n) is 7.99. The van der Waals surface area contributed by atoms with E-state index < -0.39 is 10.0 Å². The Bertz CT molecular complexity index is 1040. The van der Waals surface area contributed by atoms with Crippen LogP contribution in [0.2, 0.25) is 0 Å². The van der Waals surface area contributed by atoms with E-state index in [-0.39, 0.29) is 17.4 Å². The molecule has 9 heteroatoms. The molecular formula is C19H28N4O3S2. The summed E-state index contributed by atoms with van der Waals surface area (Å²) in [4.78, 5) is 25.0. The number of nitrogens with zero attached hydrogens (tertiary/aromatic N) is 3.